The van der Waals surface area contributed by atoms with Gasteiger partial charge in [-0.25, -0.2) is 4.99 Å². The number of carbonyl (C=O) groups excluding carboxylic acids is 1. The fourth-order valence-electron chi connectivity index (χ4n) is 1.72. The van der Waals surface area contributed by atoms with Crippen molar-refractivity contribution in [1.29, 1.82) is 0 Å². The van der Waals surface area contributed by atoms with E-state index in [1.165, 1.54) is 0 Å². The van der Waals surface area contributed by atoms with Crippen LogP contribution in [0.5, 0.6) is 11.5 Å². The predicted molar refractivity (Wildman–Crippen MR) is 75.9 cm³/mol. The molecule has 3 N–H and O–H groups in total. The lowest BCUT2D eigenvalue weighted by molar-refractivity contribution is -0.108. The van der Waals surface area contributed by atoms with Crippen LogP contribution in [0.25, 0.3) is 0 Å². The van der Waals surface area contributed by atoms with Gasteiger partial charge in [-0.3, -0.25) is 4.79 Å². The zero-order valence-electron chi connectivity index (χ0n) is 11.3. The summed E-state index contributed by atoms with van der Waals surface area (Å²) in [6.07, 6.45) is 2.29. The monoisotopic (exact) mass is 276 g/mol. The highest BCUT2D eigenvalue weighted by atomic mass is 16.5. The number of rotatable bonds is 5. The number of nitrogens with zero attached hydrogens (tertiary/aromatic N) is 1. The van der Waals surface area contributed by atoms with Gasteiger partial charge < -0.3 is 25.4 Å². The summed E-state index contributed by atoms with van der Waals surface area (Å²) in [5.74, 6) is 2.57. The number of hydrogen-bond acceptors (Lipinski definition) is 6. The molecule has 0 bridgehead atoms. The van der Waals surface area contributed by atoms with E-state index >= 15 is 0 Å². The molecule has 0 spiro atoms. The molecule has 1 amide bonds. The predicted octanol–water partition coefficient (Wildman–Crippen LogP) is 0.662. The van der Waals surface area contributed by atoms with Crippen molar-refractivity contribution in [3.05, 3.63) is 30.1 Å². The van der Waals surface area contributed by atoms with Gasteiger partial charge in [-0.15, -0.1) is 0 Å². The molecule has 0 aromatic heterocycles. The van der Waals surface area contributed by atoms with Crippen molar-refractivity contribution < 1.29 is 14.3 Å². The minimum absolute atomic E-state index is 0.382. The smallest absolute Gasteiger partial charge is 0.212 e. The zero-order valence-corrected chi connectivity index (χ0v) is 11.3. The van der Waals surface area contributed by atoms with Crippen molar-refractivity contribution in [2.45, 2.75) is 0 Å². The summed E-state index contributed by atoms with van der Waals surface area (Å²) >= 11 is 0. The van der Waals surface area contributed by atoms with Gasteiger partial charge in [0.25, 0.3) is 0 Å². The van der Waals surface area contributed by atoms with E-state index < -0.39 is 0 Å². The number of benzene rings is 1. The fraction of sp³-hybridized carbons (Fsp3) is 0.231. The number of hydrogen-bond donors (Lipinski definition) is 3. The highest BCUT2D eigenvalue weighted by Crippen LogP contribution is 2.29. The Hall–Kier alpha value is -2.70. The van der Waals surface area contributed by atoms with Crippen molar-refractivity contribution in [3.8, 4) is 11.5 Å². The van der Waals surface area contributed by atoms with Gasteiger partial charge >= 0.3 is 0 Å². The molecule has 7 nitrogen and oxygen atoms in total. The van der Waals surface area contributed by atoms with Crippen LogP contribution in [0, 0.1) is 0 Å². The standard InChI is InChI=1S/C13H16N4O3/c1-19-9-3-4-10(11(5-9)20-2)17-13-6-12(16-8-18)14-7-15-13/h3-6,8,15,17H,7H2,1-2H3,(H,14,16,18). The van der Waals surface area contributed by atoms with Crippen molar-refractivity contribution in [1.82, 2.24) is 10.6 Å². The molecule has 0 aliphatic carbocycles. The molecule has 0 atom stereocenters. The van der Waals surface area contributed by atoms with Crippen molar-refractivity contribution in [3.63, 3.8) is 0 Å². The molecular weight excluding hydrogens is 260 g/mol. The average molecular weight is 276 g/mol. The summed E-state index contributed by atoms with van der Waals surface area (Å²) in [6, 6.07) is 5.45. The first-order valence-electron chi connectivity index (χ1n) is 5.96. The Balaban J connectivity index is 2.17. The Bertz CT molecular complexity index is 555. The molecule has 0 saturated carbocycles. The number of amides is 1. The van der Waals surface area contributed by atoms with E-state index in [4.69, 9.17) is 9.47 Å². The maximum atomic E-state index is 10.4. The van der Waals surface area contributed by atoms with Crippen LogP contribution in [0.3, 0.4) is 0 Å². The molecule has 0 unspecified atom stereocenters. The van der Waals surface area contributed by atoms with Crippen LogP contribution in [-0.4, -0.2) is 33.1 Å². The van der Waals surface area contributed by atoms with Crippen LogP contribution in [0.2, 0.25) is 0 Å². The minimum atomic E-state index is 0.382. The topological polar surface area (TPSA) is 84.0 Å². The summed E-state index contributed by atoms with van der Waals surface area (Å²) in [4.78, 5) is 14.5. The van der Waals surface area contributed by atoms with E-state index in [0.29, 0.717) is 36.2 Å². The molecule has 1 aliphatic heterocycles. The van der Waals surface area contributed by atoms with E-state index in [2.05, 4.69) is 20.9 Å². The lowest BCUT2D eigenvalue weighted by Crippen LogP contribution is -2.31. The quantitative estimate of drug-likeness (QED) is 0.688. The third-order valence-electron chi connectivity index (χ3n) is 2.68. The van der Waals surface area contributed by atoms with Crippen molar-refractivity contribution >= 4 is 17.9 Å². The second-order valence-electron chi connectivity index (χ2n) is 3.89. The van der Waals surface area contributed by atoms with Gasteiger partial charge in [0.1, 0.15) is 29.8 Å². The van der Waals surface area contributed by atoms with Crippen LogP contribution in [0.15, 0.2) is 35.1 Å². The summed E-state index contributed by atoms with van der Waals surface area (Å²) in [6.45, 7) is 0.382. The zero-order chi connectivity index (χ0) is 14.4. The molecule has 1 aromatic rings. The summed E-state index contributed by atoms with van der Waals surface area (Å²) in [5.41, 5.74) is 0.777. The molecule has 2 rings (SSSR count). The van der Waals surface area contributed by atoms with E-state index in [1.807, 2.05) is 12.1 Å². The molecule has 0 fully saturated rings. The first-order valence-corrected chi connectivity index (χ1v) is 5.96. The number of nitrogens with one attached hydrogen (secondary N) is 3. The molecule has 0 radical (unpaired) electrons. The summed E-state index contributed by atoms with van der Waals surface area (Å²) < 4.78 is 10.4. The van der Waals surface area contributed by atoms with Crippen LogP contribution >= 0.6 is 0 Å². The molecular formula is C13H16N4O3. The molecule has 1 heterocycles. The number of carbonyl (C=O) groups is 1. The molecule has 0 saturated heterocycles. The second-order valence-corrected chi connectivity index (χ2v) is 3.89. The van der Waals surface area contributed by atoms with Crippen LogP contribution in [0.4, 0.5) is 5.69 Å². The van der Waals surface area contributed by atoms with Crippen molar-refractivity contribution in [2.75, 3.05) is 26.2 Å². The fourth-order valence-corrected chi connectivity index (χ4v) is 1.72. The third kappa shape index (κ3) is 3.19. The van der Waals surface area contributed by atoms with Gasteiger partial charge in [0.05, 0.1) is 19.9 Å². The highest BCUT2D eigenvalue weighted by molar-refractivity contribution is 6.00. The van der Waals surface area contributed by atoms with Gasteiger partial charge in [-0.1, -0.05) is 0 Å². The number of ether oxygens (including phenoxy) is 2. The number of anilines is 1. The second kappa shape index (κ2) is 6.46. The van der Waals surface area contributed by atoms with E-state index in [1.54, 1.807) is 26.4 Å². The average Bonchev–Trinajstić information content (AvgIpc) is 2.48. The Kier molecular flexibility index (Phi) is 4.43. The van der Waals surface area contributed by atoms with Crippen molar-refractivity contribution in [2.24, 2.45) is 4.99 Å². The Morgan fingerprint density at radius 1 is 1.35 bits per heavy atom. The van der Waals surface area contributed by atoms with E-state index in [-0.39, 0.29) is 0 Å². The normalized spacial score (nSPS) is 13.5. The number of aliphatic imine (C=N–C) groups is 1. The summed E-state index contributed by atoms with van der Waals surface area (Å²) in [5, 5.41) is 8.74. The third-order valence-corrected chi connectivity index (χ3v) is 2.68. The molecule has 7 heteroatoms. The first kappa shape index (κ1) is 13.7. The van der Waals surface area contributed by atoms with Gasteiger partial charge in [0.2, 0.25) is 6.41 Å². The SMILES string of the molecule is COc1ccc(NC2=CC(NC=O)=NCN2)c(OC)c1. The highest BCUT2D eigenvalue weighted by Gasteiger charge is 2.09. The largest absolute Gasteiger partial charge is 0.497 e. The lowest BCUT2D eigenvalue weighted by Gasteiger charge is -2.18. The van der Waals surface area contributed by atoms with E-state index in [0.717, 1.165) is 5.69 Å². The first-order chi connectivity index (χ1) is 9.76. The van der Waals surface area contributed by atoms with Crippen LogP contribution in [0.1, 0.15) is 0 Å². The lowest BCUT2D eigenvalue weighted by atomic mass is 10.2. The molecule has 1 aromatic carbocycles. The van der Waals surface area contributed by atoms with Crippen LogP contribution in [-0.2, 0) is 4.79 Å². The maximum Gasteiger partial charge on any atom is 0.212 e. The summed E-state index contributed by atoms with van der Waals surface area (Å²) in [7, 11) is 3.18. The van der Waals surface area contributed by atoms with E-state index in [9.17, 15) is 4.79 Å². The van der Waals surface area contributed by atoms with Gasteiger partial charge in [-0.05, 0) is 12.1 Å². The maximum absolute atomic E-state index is 10.4. The Morgan fingerprint density at radius 3 is 2.90 bits per heavy atom. The number of methoxy groups -OCH3 is 2. The van der Waals surface area contributed by atoms with Crippen LogP contribution < -0.4 is 25.4 Å². The van der Waals surface area contributed by atoms with Gasteiger partial charge in [0, 0.05) is 12.1 Å². The molecule has 106 valence electrons. The number of amidine groups is 1. The molecule has 20 heavy (non-hydrogen) atoms. The van der Waals surface area contributed by atoms with Gasteiger partial charge in [0.15, 0.2) is 0 Å². The molecule has 1 aliphatic rings. The Morgan fingerprint density at radius 2 is 2.20 bits per heavy atom. The van der Waals surface area contributed by atoms with Gasteiger partial charge in [-0.2, -0.15) is 0 Å². The Labute approximate surface area is 116 Å². The minimum Gasteiger partial charge on any atom is -0.497 e.